The van der Waals surface area contributed by atoms with E-state index in [1.54, 1.807) is 84.9 Å². The van der Waals surface area contributed by atoms with Crippen molar-refractivity contribution in [1.82, 2.24) is 0 Å². The molecule has 0 aliphatic rings. The minimum atomic E-state index is -1.17. The topological polar surface area (TPSA) is 72.5 Å². The van der Waals surface area contributed by atoms with Crippen molar-refractivity contribution in [1.29, 1.82) is 0 Å². The third-order valence-electron chi connectivity index (χ3n) is 6.06. The minimum absolute atomic E-state index is 0.0184. The average Bonchev–Trinajstić information content (AvgIpc) is 2.92. The number of halogens is 1. The molecule has 0 fully saturated rings. The highest BCUT2D eigenvalue weighted by atomic mass is 35.5. The quantitative estimate of drug-likeness (QED) is 0.198. The van der Waals surface area contributed by atoms with Crippen molar-refractivity contribution in [3.8, 4) is 0 Å². The Balaban J connectivity index is 1.53. The molecule has 0 heterocycles. The molecule has 6 heteroatoms. The van der Waals surface area contributed by atoms with Gasteiger partial charge in [0.1, 0.15) is 0 Å². The fourth-order valence-electron chi connectivity index (χ4n) is 3.89. The van der Waals surface area contributed by atoms with Gasteiger partial charge < -0.3 is 10.1 Å². The van der Waals surface area contributed by atoms with Crippen LogP contribution < -0.4 is 5.32 Å². The molecule has 4 aromatic rings. The van der Waals surface area contributed by atoms with Gasteiger partial charge in [0.15, 0.2) is 6.10 Å². The molecule has 192 valence electrons. The highest BCUT2D eigenvalue weighted by Crippen LogP contribution is 2.26. The van der Waals surface area contributed by atoms with E-state index in [4.69, 9.17) is 16.3 Å². The highest BCUT2D eigenvalue weighted by molar-refractivity contribution is 6.30. The average molecular weight is 526 g/mol. The van der Waals surface area contributed by atoms with Crippen molar-refractivity contribution >= 4 is 34.9 Å². The van der Waals surface area contributed by atoms with Crippen molar-refractivity contribution in [2.75, 3.05) is 5.32 Å². The highest BCUT2D eigenvalue weighted by Gasteiger charge is 2.27. The van der Waals surface area contributed by atoms with Crippen molar-refractivity contribution in [2.45, 2.75) is 32.3 Å². The molecule has 5 nitrogen and oxygen atoms in total. The zero-order valence-electron chi connectivity index (χ0n) is 21.4. The Morgan fingerprint density at radius 2 is 1.37 bits per heavy atom. The van der Waals surface area contributed by atoms with Gasteiger partial charge >= 0.3 is 5.97 Å². The molecule has 1 atom stereocenters. The lowest BCUT2D eigenvalue weighted by molar-refractivity contribution is 0.0280. The summed E-state index contributed by atoms with van der Waals surface area (Å²) in [6, 6.07) is 29.1. The van der Waals surface area contributed by atoms with Gasteiger partial charge in [-0.1, -0.05) is 93.0 Å². The van der Waals surface area contributed by atoms with Crippen LogP contribution >= 0.6 is 11.6 Å². The Morgan fingerprint density at radius 1 is 0.737 bits per heavy atom. The molecule has 0 aliphatic carbocycles. The predicted octanol–water partition coefficient (Wildman–Crippen LogP) is 7.67. The molecular formula is C32H28ClNO4. The molecule has 0 saturated carbocycles. The maximum atomic E-state index is 13.3. The zero-order chi connectivity index (χ0) is 27.3. The smallest absolute Gasteiger partial charge is 0.339 e. The Hall–Kier alpha value is -4.22. The summed E-state index contributed by atoms with van der Waals surface area (Å²) in [6.45, 7) is 6.33. The number of ketones is 1. The number of ether oxygens (including phenoxy) is 1. The van der Waals surface area contributed by atoms with Gasteiger partial charge in [0, 0.05) is 27.4 Å². The Morgan fingerprint density at radius 3 is 2.00 bits per heavy atom. The summed E-state index contributed by atoms with van der Waals surface area (Å²) in [5.74, 6) is -1.35. The molecule has 1 N–H and O–H groups in total. The van der Waals surface area contributed by atoms with Gasteiger partial charge in [-0.25, -0.2) is 4.79 Å². The monoisotopic (exact) mass is 525 g/mol. The van der Waals surface area contributed by atoms with Crippen molar-refractivity contribution in [2.24, 2.45) is 0 Å². The van der Waals surface area contributed by atoms with Crippen LogP contribution in [-0.2, 0) is 10.2 Å². The summed E-state index contributed by atoms with van der Waals surface area (Å²) in [5, 5.41) is 3.33. The number of amides is 1. The summed E-state index contributed by atoms with van der Waals surface area (Å²) in [6.07, 6.45) is -1.17. The fourth-order valence-corrected chi connectivity index (χ4v) is 4.01. The van der Waals surface area contributed by atoms with Crippen LogP contribution in [-0.4, -0.2) is 17.7 Å². The lowest BCUT2D eigenvalue weighted by Gasteiger charge is -2.19. The first-order chi connectivity index (χ1) is 18.1. The SMILES string of the molecule is CC(C)(C)c1ccc(C(=O)Nc2cccc(C(=O)O[C@H](C(=O)c3ccccc3)c3ccc(Cl)cc3)c2)cc1. The fraction of sp³-hybridized carbons (Fsp3) is 0.156. The number of rotatable bonds is 7. The number of benzene rings is 4. The molecule has 1 amide bonds. The number of nitrogens with one attached hydrogen (secondary N) is 1. The van der Waals surface area contributed by atoms with Gasteiger partial charge in [-0.2, -0.15) is 0 Å². The van der Waals surface area contributed by atoms with E-state index in [0.717, 1.165) is 5.56 Å². The molecule has 0 radical (unpaired) electrons. The molecule has 0 spiro atoms. The van der Waals surface area contributed by atoms with E-state index in [9.17, 15) is 14.4 Å². The summed E-state index contributed by atoms with van der Waals surface area (Å²) in [4.78, 5) is 39.3. The number of hydrogen-bond donors (Lipinski definition) is 1. The number of Topliss-reactive ketones (excluding diaryl/α,β-unsaturated/α-hetero) is 1. The van der Waals surface area contributed by atoms with E-state index < -0.39 is 12.1 Å². The standard InChI is InChI=1S/C32H28ClNO4/c1-32(2,3)25-16-12-23(13-17-25)30(36)34-27-11-7-10-24(20-27)31(37)38-29(22-14-18-26(33)19-15-22)28(35)21-8-5-4-6-9-21/h4-20,29H,1-3H3,(H,34,36)/t29-/m0/s1. The molecule has 0 saturated heterocycles. The van der Waals surface area contributed by atoms with E-state index in [2.05, 4.69) is 26.1 Å². The van der Waals surface area contributed by atoms with E-state index in [1.807, 2.05) is 12.1 Å². The van der Waals surface area contributed by atoms with Crippen LogP contribution in [0.3, 0.4) is 0 Å². The van der Waals surface area contributed by atoms with Gasteiger partial charge in [-0.15, -0.1) is 0 Å². The van der Waals surface area contributed by atoms with Gasteiger partial charge in [-0.3, -0.25) is 9.59 Å². The first kappa shape index (κ1) is 26.8. The number of carbonyl (C=O) groups is 3. The second kappa shape index (κ2) is 11.4. The van der Waals surface area contributed by atoms with Gasteiger partial charge in [0.05, 0.1) is 5.56 Å². The lowest BCUT2D eigenvalue weighted by atomic mass is 9.87. The predicted molar refractivity (Wildman–Crippen MR) is 150 cm³/mol. The van der Waals surface area contributed by atoms with E-state index in [-0.39, 0.29) is 22.7 Å². The molecule has 38 heavy (non-hydrogen) atoms. The van der Waals surface area contributed by atoms with Crippen LogP contribution in [0.2, 0.25) is 5.02 Å². The molecule has 0 aromatic heterocycles. The number of carbonyl (C=O) groups excluding carboxylic acids is 3. The molecule has 4 aromatic carbocycles. The first-order valence-corrected chi connectivity index (χ1v) is 12.6. The molecule has 0 bridgehead atoms. The van der Waals surface area contributed by atoms with E-state index >= 15 is 0 Å². The summed E-state index contributed by atoms with van der Waals surface area (Å²) < 4.78 is 5.72. The van der Waals surface area contributed by atoms with Crippen LogP contribution in [0.4, 0.5) is 5.69 Å². The zero-order valence-corrected chi connectivity index (χ0v) is 22.2. The molecule has 0 aliphatic heterocycles. The van der Waals surface area contributed by atoms with Crippen LogP contribution in [0.15, 0.2) is 103 Å². The number of esters is 1. The summed E-state index contributed by atoms with van der Waals surface area (Å²) in [7, 11) is 0. The normalized spacial score (nSPS) is 11.9. The summed E-state index contributed by atoms with van der Waals surface area (Å²) in [5.41, 5.74) is 3.16. The van der Waals surface area contributed by atoms with E-state index in [0.29, 0.717) is 27.4 Å². The maximum absolute atomic E-state index is 13.3. The van der Waals surface area contributed by atoms with Crippen molar-refractivity contribution in [3.63, 3.8) is 0 Å². The summed E-state index contributed by atoms with van der Waals surface area (Å²) >= 11 is 6.02. The third kappa shape index (κ3) is 6.55. The number of anilines is 1. The van der Waals surface area contributed by atoms with E-state index in [1.165, 1.54) is 6.07 Å². The van der Waals surface area contributed by atoms with Crippen LogP contribution in [0.25, 0.3) is 0 Å². The second-order valence-electron chi connectivity index (χ2n) is 9.93. The molecule has 4 rings (SSSR count). The van der Waals surface area contributed by atoms with Crippen LogP contribution in [0.1, 0.15) is 69.1 Å². The third-order valence-corrected chi connectivity index (χ3v) is 6.32. The lowest BCUT2D eigenvalue weighted by Crippen LogP contribution is -2.20. The van der Waals surface area contributed by atoms with Crippen molar-refractivity contribution in [3.05, 3.63) is 136 Å². The van der Waals surface area contributed by atoms with Crippen LogP contribution in [0, 0.1) is 0 Å². The Kier molecular flexibility index (Phi) is 8.08. The first-order valence-electron chi connectivity index (χ1n) is 12.2. The molecular weight excluding hydrogens is 498 g/mol. The Labute approximate surface area is 227 Å². The van der Waals surface area contributed by atoms with Gasteiger partial charge in [0.25, 0.3) is 5.91 Å². The number of hydrogen-bond acceptors (Lipinski definition) is 4. The van der Waals surface area contributed by atoms with Crippen LogP contribution in [0.5, 0.6) is 0 Å². The minimum Gasteiger partial charge on any atom is -0.445 e. The largest absolute Gasteiger partial charge is 0.445 e. The maximum Gasteiger partial charge on any atom is 0.339 e. The van der Waals surface area contributed by atoms with Gasteiger partial charge in [-0.05, 0) is 53.4 Å². The molecule has 0 unspecified atom stereocenters. The second-order valence-corrected chi connectivity index (χ2v) is 10.4. The van der Waals surface area contributed by atoms with Gasteiger partial charge in [0.2, 0.25) is 5.78 Å². The van der Waals surface area contributed by atoms with Crippen molar-refractivity contribution < 1.29 is 19.1 Å². The Bertz CT molecular complexity index is 1440.